The molecule has 1 aliphatic heterocycles. The van der Waals surface area contributed by atoms with Gasteiger partial charge in [0.15, 0.2) is 0 Å². The number of thioether (sulfide) groups is 1. The van der Waals surface area contributed by atoms with Crippen molar-refractivity contribution in [3.8, 4) is 0 Å². The Bertz CT molecular complexity index is 958. The van der Waals surface area contributed by atoms with E-state index in [2.05, 4.69) is 20.6 Å². The Balaban J connectivity index is 1.49. The summed E-state index contributed by atoms with van der Waals surface area (Å²) in [5, 5.41) is 5.52. The maximum absolute atomic E-state index is 14.5. The number of aromatic amines is 1. The van der Waals surface area contributed by atoms with Gasteiger partial charge in [-0.15, -0.1) is 0 Å². The Morgan fingerprint density at radius 3 is 2.70 bits per heavy atom. The highest BCUT2D eigenvalue weighted by molar-refractivity contribution is 7.99. The van der Waals surface area contributed by atoms with Crippen molar-refractivity contribution in [1.29, 1.82) is 0 Å². The Morgan fingerprint density at radius 1 is 1.20 bits per heavy atom. The second-order valence-electron chi connectivity index (χ2n) is 8.00. The summed E-state index contributed by atoms with van der Waals surface area (Å²) in [5.74, 6) is -0.0215. The van der Waals surface area contributed by atoms with Gasteiger partial charge in [0, 0.05) is 17.0 Å². The molecular weight excluding hydrogens is 420 g/mol. The van der Waals surface area contributed by atoms with Crippen molar-refractivity contribution in [3.63, 3.8) is 0 Å². The van der Waals surface area contributed by atoms with Crippen LogP contribution in [0.25, 0.3) is 10.9 Å². The number of anilines is 1. The first-order valence-corrected chi connectivity index (χ1v) is 11.2. The number of nitrogens with one attached hydrogen (secondary N) is 3. The smallest absolute Gasteiger partial charge is 0.382 e. The minimum absolute atomic E-state index is 0.0178. The molecule has 0 unspecified atom stereocenters. The Labute approximate surface area is 175 Å². The molecule has 30 heavy (non-hydrogen) atoms. The molecule has 0 amide bonds. The van der Waals surface area contributed by atoms with Crippen LogP contribution in [0.4, 0.5) is 23.2 Å². The monoisotopic (exact) mass is 444 g/mol. The van der Waals surface area contributed by atoms with Gasteiger partial charge in [0.05, 0.1) is 11.3 Å². The molecule has 2 fully saturated rings. The number of hydrogen-bond acceptors (Lipinski definition) is 5. The fraction of sp³-hybridized carbons (Fsp3) is 0.600. The predicted octanol–water partition coefficient (Wildman–Crippen LogP) is 4.33. The molecule has 0 radical (unpaired) electrons. The van der Waals surface area contributed by atoms with Crippen molar-refractivity contribution in [2.45, 2.75) is 67.8 Å². The molecule has 0 spiro atoms. The van der Waals surface area contributed by atoms with E-state index in [1.165, 1.54) is 17.8 Å². The highest BCUT2D eigenvalue weighted by atomic mass is 32.2. The third-order valence-corrected chi connectivity index (χ3v) is 7.08. The van der Waals surface area contributed by atoms with Gasteiger partial charge in [-0.2, -0.15) is 24.9 Å². The SMILES string of the molecule is O=c1[nH]c(CS[C@@H]2CCN[C@@H](C(F)(F)F)C2)nc2cc(NC3CCCC3)cc(F)c12. The quantitative estimate of drug-likeness (QED) is 0.599. The first-order chi connectivity index (χ1) is 14.3. The maximum Gasteiger partial charge on any atom is 0.403 e. The van der Waals surface area contributed by atoms with E-state index in [1.807, 2.05) is 0 Å². The van der Waals surface area contributed by atoms with Gasteiger partial charge in [0.2, 0.25) is 0 Å². The molecule has 1 aliphatic carbocycles. The molecule has 3 N–H and O–H groups in total. The predicted molar refractivity (Wildman–Crippen MR) is 110 cm³/mol. The first kappa shape index (κ1) is 21.4. The van der Waals surface area contributed by atoms with Crippen LogP contribution in [0.1, 0.15) is 44.3 Å². The average Bonchev–Trinajstić information content (AvgIpc) is 3.18. The standard InChI is InChI=1S/C20H24F4N4OS/c21-14-7-12(26-11-3-1-2-4-11)8-15-18(14)19(29)28-17(27-15)10-30-13-5-6-25-16(9-13)20(22,23)24/h7-8,11,13,16,25-26H,1-6,9-10H2,(H,27,28,29)/t13-,16-/m1/s1. The van der Waals surface area contributed by atoms with Crippen LogP contribution in [0, 0.1) is 5.82 Å². The van der Waals surface area contributed by atoms with Gasteiger partial charge in [-0.1, -0.05) is 12.8 Å². The molecule has 1 aromatic carbocycles. The van der Waals surface area contributed by atoms with Crippen LogP contribution in [-0.4, -0.2) is 40.0 Å². The number of benzene rings is 1. The summed E-state index contributed by atoms with van der Waals surface area (Å²) in [5.41, 5.74) is 0.280. The maximum atomic E-state index is 14.5. The van der Waals surface area contributed by atoms with E-state index in [0.717, 1.165) is 25.7 Å². The average molecular weight is 444 g/mol. The van der Waals surface area contributed by atoms with E-state index >= 15 is 0 Å². The van der Waals surface area contributed by atoms with Crippen molar-refractivity contribution in [2.75, 3.05) is 11.9 Å². The zero-order chi connectivity index (χ0) is 21.3. The number of nitrogens with zero attached hydrogens (tertiary/aromatic N) is 1. The summed E-state index contributed by atoms with van der Waals surface area (Å²) in [6.45, 7) is 0.297. The summed E-state index contributed by atoms with van der Waals surface area (Å²) < 4.78 is 53.4. The van der Waals surface area contributed by atoms with Crippen molar-refractivity contribution in [2.24, 2.45) is 0 Å². The second-order valence-corrected chi connectivity index (χ2v) is 9.28. The Kier molecular flexibility index (Phi) is 6.24. The molecule has 0 bridgehead atoms. The van der Waals surface area contributed by atoms with Gasteiger partial charge in [0.1, 0.15) is 23.1 Å². The third-order valence-electron chi connectivity index (χ3n) is 5.74. The highest BCUT2D eigenvalue weighted by Gasteiger charge is 2.42. The van der Waals surface area contributed by atoms with E-state index < -0.39 is 23.6 Å². The number of piperidine rings is 1. The zero-order valence-electron chi connectivity index (χ0n) is 16.3. The van der Waals surface area contributed by atoms with E-state index in [4.69, 9.17) is 0 Å². The molecule has 2 heterocycles. The lowest BCUT2D eigenvalue weighted by Gasteiger charge is -2.31. The van der Waals surface area contributed by atoms with Crippen molar-refractivity contribution in [1.82, 2.24) is 15.3 Å². The van der Waals surface area contributed by atoms with Gasteiger partial charge in [0.25, 0.3) is 5.56 Å². The fourth-order valence-corrected chi connectivity index (χ4v) is 5.35. The minimum atomic E-state index is -4.27. The van der Waals surface area contributed by atoms with Gasteiger partial charge >= 0.3 is 6.18 Å². The van der Waals surface area contributed by atoms with Crippen LogP contribution in [-0.2, 0) is 5.75 Å². The first-order valence-electron chi connectivity index (χ1n) is 10.2. The molecule has 1 saturated heterocycles. The topological polar surface area (TPSA) is 69.8 Å². The number of hydrogen-bond donors (Lipinski definition) is 3. The Morgan fingerprint density at radius 2 is 1.97 bits per heavy atom. The lowest BCUT2D eigenvalue weighted by Crippen LogP contribution is -2.48. The van der Waals surface area contributed by atoms with Gasteiger partial charge in [-0.25, -0.2) is 9.37 Å². The number of H-pyrrole nitrogens is 1. The fourth-order valence-electron chi connectivity index (χ4n) is 4.21. The minimum Gasteiger partial charge on any atom is -0.382 e. The van der Waals surface area contributed by atoms with Crippen LogP contribution in [0.15, 0.2) is 16.9 Å². The normalized spacial score (nSPS) is 23.2. The zero-order valence-corrected chi connectivity index (χ0v) is 17.1. The molecule has 1 saturated carbocycles. The molecular formula is C20H24F4N4OS. The van der Waals surface area contributed by atoms with Gasteiger partial charge < -0.3 is 15.6 Å². The van der Waals surface area contributed by atoms with Crippen LogP contribution in [0.3, 0.4) is 0 Å². The van der Waals surface area contributed by atoms with Crippen molar-refractivity contribution < 1.29 is 17.6 Å². The van der Waals surface area contributed by atoms with Crippen LogP contribution < -0.4 is 16.2 Å². The summed E-state index contributed by atoms with van der Waals surface area (Å²) in [6.07, 6.45) is 0.654. The van der Waals surface area contributed by atoms with Crippen molar-refractivity contribution >= 4 is 28.4 Å². The highest BCUT2D eigenvalue weighted by Crippen LogP contribution is 2.32. The van der Waals surface area contributed by atoms with Gasteiger partial charge in [-0.3, -0.25) is 4.79 Å². The van der Waals surface area contributed by atoms with Crippen LogP contribution >= 0.6 is 11.8 Å². The number of halogens is 4. The molecule has 5 nitrogen and oxygen atoms in total. The number of aromatic nitrogens is 2. The lowest BCUT2D eigenvalue weighted by atomic mass is 10.0. The molecule has 2 aromatic rings. The van der Waals surface area contributed by atoms with Crippen LogP contribution in [0.2, 0.25) is 0 Å². The van der Waals surface area contributed by atoms with Gasteiger partial charge in [-0.05, 0) is 44.4 Å². The number of rotatable bonds is 5. The summed E-state index contributed by atoms with van der Waals surface area (Å²) in [4.78, 5) is 19.4. The van der Waals surface area contributed by atoms with Crippen molar-refractivity contribution in [3.05, 3.63) is 34.1 Å². The number of alkyl halides is 3. The van der Waals surface area contributed by atoms with E-state index in [0.29, 0.717) is 30.5 Å². The molecule has 1 aromatic heterocycles. The van der Waals surface area contributed by atoms with E-state index in [-0.39, 0.29) is 28.3 Å². The number of fused-ring (bicyclic) bond motifs is 1. The Hall–Kier alpha value is -1.81. The van der Waals surface area contributed by atoms with E-state index in [1.54, 1.807) is 6.07 Å². The second kappa shape index (κ2) is 8.74. The molecule has 2 aliphatic rings. The molecule has 10 heteroatoms. The van der Waals surface area contributed by atoms with Crippen LogP contribution in [0.5, 0.6) is 0 Å². The summed E-state index contributed by atoms with van der Waals surface area (Å²) >= 11 is 1.34. The van der Waals surface area contributed by atoms with E-state index in [9.17, 15) is 22.4 Å². The molecule has 4 rings (SSSR count). The largest absolute Gasteiger partial charge is 0.403 e. The third kappa shape index (κ3) is 4.91. The molecule has 2 atom stereocenters. The molecule has 164 valence electrons. The lowest BCUT2D eigenvalue weighted by molar-refractivity contribution is -0.159. The summed E-state index contributed by atoms with van der Waals surface area (Å²) in [7, 11) is 0. The summed E-state index contributed by atoms with van der Waals surface area (Å²) in [6, 6.07) is 1.77.